The summed E-state index contributed by atoms with van der Waals surface area (Å²) in [6.45, 7) is 5.04. The van der Waals surface area contributed by atoms with Gasteiger partial charge in [-0.2, -0.15) is 0 Å². The maximum Gasteiger partial charge on any atom is 0.0517 e. The highest BCUT2D eigenvalue weighted by Crippen LogP contribution is 2.61. The van der Waals surface area contributed by atoms with E-state index in [2.05, 4.69) is 195 Å². The fourth-order valence-electron chi connectivity index (χ4n) is 10.6. The average Bonchev–Trinajstić information content (AvgIpc) is 3.46. The molecular formula is C54H43N. The van der Waals surface area contributed by atoms with Gasteiger partial charge in [0.1, 0.15) is 0 Å². The summed E-state index contributed by atoms with van der Waals surface area (Å²) < 4.78 is 0. The van der Waals surface area contributed by atoms with Gasteiger partial charge in [0.25, 0.3) is 0 Å². The molecule has 0 radical (unpaired) electrons. The molecule has 0 amide bonds. The summed E-state index contributed by atoms with van der Waals surface area (Å²) in [6.07, 6.45) is 4.98. The Balaban J connectivity index is 1.07. The van der Waals surface area contributed by atoms with E-state index >= 15 is 0 Å². The molecule has 0 bridgehead atoms. The smallest absolute Gasteiger partial charge is 0.0517 e. The Kier molecular flexibility index (Phi) is 7.14. The predicted octanol–water partition coefficient (Wildman–Crippen LogP) is 15.0. The lowest BCUT2D eigenvalue weighted by molar-refractivity contribution is 0.195. The normalized spacial score (nSPS) is 19.3. The van der Waals surface area contributed by atoms with Gasteiger partial charge < -0.3 is 4.90 Å². The molecule has 1 saturated carbocycles. The third kappa shape index (κ3) is 4.72. The fourth-order valence-corrected chi connectivity index (χ4v) is 10.6. The first-order chi connectivity index (χ1) is 27.0. The van der Waals surface area contributed by atoms with E-state index in [1.165, 1.54) is 119 Å². The molecule has 2 unspecified atom stereocenters. The first-order valence-corrected chi connectivity index (χ1v) is 20.0. The molecule has 2 aliphatic rings. The number of benzene rings is 9. The molecule has 1 heterocycles. The van der Waals surface area contributed by atoms with Crippen LogP contribution in [-0.2, 0) is 5.41 Å². The van der Waals surface area contributed by atoms with Crippen molar-refractivity contribution in [3.05, 3.63) is 181 Å². The van der Waals surface area contributed by atoms with Crippen LogP contribution in [0.4, 0.5) is 11.4 Å². The van der Waals surface area contributed by atoms with Crippen molar-refractivity contribution in [2.75, 3.05) is 4.90 Å². The summed E-state index contributed by atoms with van der Waals surface area (Å²) in [5, 5.41) is 7.88. The van der Waals surface area contributed by atoms with Crippen LogP contribution in [0.2, 0.25) is 0 Å². The molecule has 9 aromatic carbocycles. The van der Waals surface area contributed by atoms with Crippen molar-refractivity contribution in [1.82, 2.24) is 0 Å². The SMILES string of the molecule is CC12CCCCC1(C)N(c1ccccc1)c1ccc(-c3ccc(-c4cc(-c5ccccc5)c5ccc6ccc(-c7ccccc7)c7ccc4c5c67)cc3)cc12. The quantitative estimate of drug-likeness (QED) is 0.161. The zero-order valence-electron chi connectivity index (χ0n) is 31.5. The minimum absolute atomic E-state index is 0.0464. The van der Waals surface area contributed by atoms with Crippen LogP contribution in [0.1, 0.15) is 45.1 Å². The maximum absolute atomic E-state index is 2.66. The summed E-state index contributed by atoms with van der Waals surface area (Å²) >= 11 is 0. The molecule has 0 saturated heterocycles. The van der Waals surface area contributed by atoms with Crippen molar-refractivity contribution in [3.8, 4) is 44.5 Å². The lowest BCUT2D eigenvalue weighted by atomic mass is 9.61. The topological polar surface area (TPSA) is 3.24 Å². The van der Waals surface area contributed by atoms with Gasteiger partial charge in [0, 0.05) is 16.8 Å². The Bertz CT molecular complexity index is 2870. The first kappa shape index (κ1) is 32.3. The highest BCUT2D eigenvalue weighted by Gasteiger charge is 2.57. The van der Waals surface area contributed by atoms with Gasteiger partial charge in [0.2, 0.25) is 0 Å². The van der Waals surface area contributed by atoms with E-state index in [1.807, 2.05) is 0 Å². The molecule has 1 fully saturated rings. The lowest BCUT2D eigenvalue weighted by Gasteiger charge is -2.50. The van der Waals surface area contributed by atoms with E-state index in [-0.39, 0.29) is 11.0 Å². The number of anilines is 2. The van der Waals surface area contributed by atoms with E-state index in [0.717, 1.165) is 0 Å². The summed E-state index contributed by atoms with van der Waals surface area (Å²) in [7, 11) is 0. The van der Waals surface area contributed by atoms with Gasteiger partial charge in [-0.15, -0.1) is 0 Å². The highest BCUT2D eigenvalue weighted by molar-refractivity contribution is 6.30. The first-order valence-electron chi connectivity index (χ1n) is 20.0. The molecule has 0 aromatic heterocycles. The lowest BCUT2D eigenvalue weighted by Crippen LogP contribution is -2.54. The molecule has 55 heavy (non-hydrogen) atoms. The van der Waals surface area contributed by atoms with Crippen LogP contribution < -0.4 is 4.90 Å². The van der Waals surface area contributed by atoms with Crippen LogP contribution in [0, 0.1) is 0 Å². The third-order valence-corrected chi connectivity index (χ3v) is 13.6. The number of nitrogens with zero attached hydrogens (tertiary/aromatic N) is 1. The second-order valence-electron chi connectivity index (χ2n) is 16.4. The molecular weight excluding hydrogens is 663 g/mol. The Morgan fingerprint density at radius 2 is 0.945 bits per heavy atom. The van der Waals surface area contributed by atoms with Gasteiger partial charge >= 0.3 is 0 Å². The second kappa shape index (κ2) is 12.2. The van der Waals surface area contributed by atoms with Crippen molar-refractivity contribution in [2.24, 2.45) is 0 Å². The summed E-state index contributed by atoms with van der Waals surface area (Å²) in [5.74, 6) is 0. The molecule has 1 heteroatoms. The van der Waals surface area contributed by atoms with E-state index < -0.39 is 0 Å². The van der Waals surface area contributed by atoms with Gasteiger partial charge in [-0.05, 0) is 132 Å². The minimum atomic E-state index is 0.0464. The van der Waals surface area contributed by atoms with Gasteiger partial charge in [-0.3, -0.25) is 0 Å². The fraction of sp³-hybridized carbons (Fsp3) is 0.148. The monoisotopic (exact) mass is 705 g/mol. The van der Waals surface area contributed by atoms with E-state index in [1.54, 1.807) is 0 Å². The molecule has 0 N–H and O–H groups in total. The molecule has 11 rings (SSSR count). The Morgan fingerprint density at radius 1 is 0.418 bits per heavy atom. The largest absolute Gasteiger partial charge is 0.334 e. The molecule has 1 aliphatic carbocycles. The van der Waals surface area contributed by atoms with Gasteiger partial charge in [0.05, 0.1) is 5.54 Å². The standard InChI is InChI=1S/C54H43N/c1-53-32-12-13-33-54(53,2)55(42-18-10-5-11-19-42)50-31-26-41(34-49(50)53)36-20-22-39(23-21-36)48-35-47(38-16-8-4-9-17-38)45-28-25-40-24-27-43(37-14-6-3-7-15-37)44-29-30-46(48)52(45)51(40)44/h3-11,14-31,34-35H,12-13,32-33H2,1-2H3. The van der Waals surface area contributed by atoms with E-state index in [4.69, 9.17) is 0 Å². The number of rotatable bonds is 5. The van der Waals surface area contributed by atoms with Crippen molar-refractivity contribution >= 4 is 43.7 Å². The molecule has 1 nitrogen and oxygen atoms in total. The van der Waals surface area contributed by atoms with Crippen LogP contribution in [0.15, 0.2) is 176 Å². The van der Waals surface area contributed by atoms with Gasteiger partial charge in [-0.25, -0.2) is 0 Å². The van der Waals surface area contributed by atoms with Crippen LogP contribution in [0.5, 0.6) is 0 Å². The number of fused-ring (bicyclic) bond motifs is 3. The molecule has 264 valence electrons. The zero-order chi connectivity index (χ0) is 36.7. The van der Waals surface area contributed by atoms with Crippen molar-refractivity contribution in [1.29, 1.82) is 0 Å². The zero-order valence-corrected chi connectivity index (χ0v) is 31.5. The third-order valence-electron chi connectivity index (χ3n) is 13.6. The van der Waals surface area contributed by atoms with Crippen molar-refractivity contribution in [3.63, 3.8) is 0 Å². The van der Waals surface area contributed by atoms with Gasteiger partial charge in [-0.1, -0.05) is 165 Å². The second-order valence-corrected chi connectivity index (χ2v) is 16.4. The Morgan fingerprint density at radius 3 is 1.64 bits per heavy atom. The van der Waals surface area contributed by atoms with Gasteiger partial charge in [0.15, 0.2) is 0 Å². The Hall–Kier alpha value is -6.18. The molecule has 2 atom stereocenters. The van der Waals surface area contributed by atoms with E-state index in [0.29, 0.717) is 0 Å². The van der Waals surface area contributed by atoms with Crippen LogP contribution in [0.25, 0.3) is 76.8 Å². The number of para-hydroxylation sites is 1. The summed E-state index contributed by atoms with van der Waals surface area (Å²) in [6, 6.07) is 65.9. The maximum atomic E-state index is 2.66. The van der Waals surface area contributed by atoms with Crippen LogP contribution in [-0.4, -0.2) is 5.54 Å². The van der Waals surface area contributed by atoms with Crippen LogP contribution in [0.3, 0.4) is 0 Å². The summed E-state index contributed by atoms with van der Waals surface area (Å²) in [5.41, 5.74) is 14.4. The predicted molar refractivity (Wildman–Crippen MR) is 235 cm³/mol. The highest BCUT2D eigenvalue weighted by atomic mass is 15.3. The number of hydrogen-bond acceptors (Lipinski definition) is 1. The molecule has 0 spiro atoms. The van der Waals surface area contributed by atoms with E-state index in [9.17, 15) is 0 Å². The van der Waals surface area contributed by atoms with Crippen molar-refractivity contribution < 1.29 is 0 Å². The number of hydrogen-bond donors (Lipinski definition) is 0. The minimum Gasteiger partial charge on any atom is -0.334 e. The molecule has 1 aliphatic heterocycles. The van der Waals surface area contributed by atoms with Crippen molar-refractivity contribution in [2.45, 2.75) is 50.5 Å². The van der Waals surface area contributed by atoms with Crippen LogP contribution >= 0.6 is 0 Å². The Labute approximate surface area is 323 Å². The summed E-state index contributed by atoms with van der Waals surface area (Å²) in [4.78, 5) is 2.66. The molecule has 9 aromatic rings. The average molecular weight is 706 g/mol.